The highest BCUT2D eigenvalue weighted by atomic mass is 16.6. The van der Waals surface area contributed by atoms with Gasteiger partial charge in [0, 0.05) is 19.3 Å². The summed E-state index contributed by atoms with van der Waals surface area (Å²) in [7, 11) is 0. The van der Waals surface area contributed by atoms with Gasteiger partial charge in [0.25, 0.3) is 0 Å². The van der Waals surface area contributed by atoms with Gasteiger partial charge in [-0.3, -0.25) is 14.4 Å². The summed E-state index contributed by atoms with van der Waals surface area (Å²) < 4.78 is 16.8. The molecule has 0 aromatic carbocycles. The summed E-state index contributed by atoms with van der Waals surface area (Å²) in [6.45, 7) is 6.52. The molecule has 6 heteroatoms. The van der Waals surface area contributed by atoms with Gasteiger partial charge >= 0.3 is 17.9 Å². The molecular weight excluding hydrogens is 937 g/mol. The zero-order valence-electron chi connectivity index (χ0n) is 51.0. The third-order valence-corrected chi connectivity index (χ3v) is 15.1. The number of rotatable bonds is 62. The number of carbonyl (C=O) groups excluding carboxylic acids is 3. The van der Waals surface area contributed by atoms with Crippen molar-refractivity contribution >= 4 is 17.9 Å². The van der Waals surface area contributed by atoms with Gasteiger partial charge in [-0.15, -0.1) is 0 Å². The average molecular weight is 1070 g/mol. The highest BCUT2D eigenvalue weighted by Gasteiger charge is 2.19. The van der Waals surface area contributed by atoms with E-state index < -0.39 is 6.10 Å². The molecule has 0 aliphatic carbocycles. The van der Waals surface area contributed by atoms with Crippen molar-refractivity contribution in [2.45, 2.75) is 367 Å². The molecule has 0 rings (SSSR count). The maximum absolute atomic E-state index is 12.8. The normalized spacial score (nSPS) is 12.3. The molecule has 0 N–H and O–H groups in total. The van der Waals surface area contributed by atoms with E-state index >= 15 is 0 Å². The molecule has 6 nitrogen and oxygen atoms in total. The van der Waals surface area contributed by atoms with Gasteiger partial charge < -0.3 is 14.2 Å². The van der Waals surface area contributed by atoms with Gasteiger partial charge in [0.1, 0.15) is 13.2 Å². The Bertz CT molecular complexity index is 1310. The molecule has 76 heavy (non-hydrogen) atoms. The number of hydrogen-bond donors (Lipinski definition) is 0. The Hall–Kier alpha value is -2.63. The zero-order chi connectivity index (χ0) is 55.0. The Labute approximate surface area is 473 Å². The van der Waals surface area contributed by atoms with Crippen LogP contribution in [0.25, 0.3) is 0 Å². The molecule has 0 aliphatic rings. The molecule has 0 saturated heterocycles. The molecule has 0 aliphatic heterocycles. The van der Waals surface area contributed by atoms with E-state index in [1.807, 2.05) is 0 Å². The van der Waals surface area contributed by atoms with Crippen LogP contribution in [0.1, 0.15) is 361 Å². The Morgan fingerprint density at radius 1 is 0.276 bits per heavy atom. The molecule has 444 valence electrons. The van der Waals surface area contributed by atoms with Crippen LogP contribution in [0.15, 0.2) is 48.6 Å². The van der Waals surface area contributed by atoms with Crippen LogP contribution in [0.5, 0.6) is 0 Å². The largest absolute Gasteiger partial charge is 0.462 e. The first-order valence-corrected chi connectivity index (χ1v) is 33.6. The molecule has 0 spiro atoms. The maximum atomic E-state index is 12.8. The predicted octanol–water partition coefficient (Wildman–Crippen LogP) is 22.9. The minimum Gasteiger partial charge on any atom is -0.462 e. The Kier molecular flexibility index (Phi) is 62.6. The second kappa shape index (κ2) is 64.9. The summed E-state index contributed by atoms with van der Waals surface area (Å²) in [4.78, 5) is 38.1. The lowest BCUT2D eigenvalue weighted by molar-refractivity contribution is -0.167. The number of allylic oxidation sites excluding steroid dienone is 8. The molecule has 0 bridgehead atoms. The molecule has 1 atom stereocenters. The van der Waals surface area contributed by atoms with E-state index in [4.69, 9.17) is 14.2 Å². The molecule has 0 heterocycles. The summed E-state index contributed by atoms with van der Waals surface area (Å²) in [5.74, 6) is -0.878. The topological polar surface area (TPSA) is 78.9 Å². The van der Waals surface area contributed by atoms with Gasteiger partial charge in [-0.2, -0.15) is 0 Å². The van der Waals surface area contributed by atoms with Crippen LogP contribution in [0, 0.1) is 0 Å². The first kappa shape index (κ1) is 73.4. The van der Waals surface area contributed by atoms with Crippen LogP contribution < -0.4 is 0 Å². The van der Waals surface area contributed by atoms with Crippen LogP contribution in [0.2, 0.25) is 0 Å². The third-order valence-electron chi connectivity index (χ3n) is 15.1. The van der Waals surface area contributed by atoms with Gasteiger partial charge in [0.15, 0.2) is 6.10 Å². The van der Waals surface area contributed by atoms with Crippen molar-refractivity contribution in [3.63, 3.8) is 0 Å². The van der Waals surface area contributed by atoms with Crippen LogP contribution in [0.4, 0.5) is 0 Å². The second-order valence-electron chi connectivity index (χ2n) is 22.7. The fourth-order valence-corrected chi connectivity index (χ4v) is 10.1. The van der Waals surface area contributed by atoms with Gasteiger partial charge in [-0.1, -0.05) is 333 Å². The van der Waals surface area contributed by atoms with Gasteiger partial charge in [-0.05, 0) is 57.8 Å². The van der Waals surface area contributed by atoms with E-state index in [9.17, 15) is 14.4 Å². The van der Waals surface area contributed by atoms with Gasteiger partial charge in [0.05, 0.1) is 0 Å². The minimum atomic E-state index is -0.777. The molecule has 0 amide bonds. The SMILES string of the molecule is CC/C=C\C/C=C\C/C=C\C/C=C\CCCCCCCCC(=O)OC(COC(=O)CCCCCCCCC)COC(=O)CCCCCCCCCCCCCCCCCCCCCCCCCCCCCCCCCC. The molecule has 0 saturated carbocycles. The summed E-state index contributed by atoms with van der Waals surface area (Å²) in [5.41, 5.74) is 0. The molecule has 0 fully saturated rings. The standard InChI is InChI=1S/C70H128O6/c1-4-7-10-13-16-18-20-22-24-26-28-29-30-31-32-33-34-35-36-37-38-39-40-42-43-45-47-49-51-54-57-60-63-69(72)75-66-67(65-74-68(71)62-59-56-53-15-12-9-6-3)76-70(73)64-61-58-55-52-50-48-46-44-41-27-25-23-21-19-17-14-11-8-5-2/h8,11,17,19,23,25,41,44,67H,4-7,9-10,12-16,18,20-22,24,26-40,42-43,45-66H2,1-3H3/b11-8-,19-17-,25-23-,44-41-. The quantitative estimate of drug-likeness (QED) is 0.0261. The van der Waals surface area contributed by atoms with E-state index in [0.717, 1.165) is 96.3 Å². The minimum absolute atomic E-state index is 0.0752. The average Bonchev–Trinajstić information content (AvgIpc) is 3.42. The van der Waals surface area contributed by atoms with Crippen molar-refractivity contribution in [3.8, 4) is 0 Å². The Balaban J connectivity index is 3.99. The van der Waals surface area contributed by atoms with Crippen molar-refractivity contribution in [3.05, 3.63) is 48.6 Å². The molecule has 0 aromatic heterocycles. The smallest absolute Gasteiger partial charge is 0.306 e. The van der Waals surface area contributed by atoms with Crippen molar-refractivity contribution in [1.82, 2.24) is 0 Å². The summed E-state index contributed by atoms with van der Waals surface area (Å²) in [6, 6.07) is 0. The van der Waals surface area contributed by atoms with Crippen molar-refractivity contribution in [2.24, 2.45) is 0 Å². The highest BCUT2D eigenvalue weighted by Crippen LogP contribution is 2.18. The van der Waals surface area contributed by atoms with Crippen LogP contribution in [-0.4, -0.2) is 37.2 Å². The van der Waals surface area contributed by atoms with Crippen molar-refractivity contribution in [2.75, 3.05) is 13.2 Å². The number of unbranched alkanes of at least 4 members (excludes halogenated alkanes) is 43. The van der Waals surface area contributed by atoms with E-state index in [-0.39, 0.29) is 31.1 Å². The molecule has 0 aromatic rings. The fraction of sp³-hybridized carbons (Fsp3) is 0.843. The lowest BCUT2D eigenvalue weighted by Gasteiger charge is -2.18. The molecule has 1 unspecified atom stereocenters. The number of esters is 3. The first-order chi connectivity index (χ1) is 37.5. The van der Waals surface area contributed by atoms with Crippen molar-refractivity contribution in [1.29, 1.82) is 0 Å². The summed E-state index contributed by atoms with van der Waals surface area (Å²) in [6.07, 6.45) is 81.8. The Morgan fingerprint density at radius 3 is 0.803 bits per heavy atom. The van der Waals surface area contributed by atoms with Crippen molar-refractivity contribution < 1.29 is 28.6 Å². The maximum Gasteiger partial charge on any atom is 0.306 e. The number of ether oxygens (including phenoxy) is 3. The lowest BCUT2D eigenvalue weighted by Crippen LogP contribution is -2.30. The number of carbonyl (C=O) groups is 3. The van der Waals surface area contributed by atoms with Gasteiger partial charge in [0.2, 0.25) is 0 Å². The first-order valence-electron chi connectivity index (χ1n) is 33.6. The predicted molar refractivity (Wildman–Crippen MR) is 330 cm³/mol. The van der Waals surface area contributed by atoms with Crippen LogP contribution in [0.3, 0.4) is 0 Å². The van der Waals surface area contributed by atoms with Crippen LogP contribution >= 0.6 is 0 Å². The summed E-state index contributed by atoms with van der Waals surface area (Å²) >= 11 is 0. The fourth-order valence-electron chi connectivity index (χ4n) is 10.1. The van der Waals surface area contributed by atoms with E-state index in [1.54, 1.807) is 0 Å². The molecule has 0 radical (unpaired) electrons. The zero-order valence-corrected chi connectivity index (χ0v) is 51.0. The lowest BCUT2D eigenvalue weighted by atomic mass is 10.0. The van der Waals surface area contributed by atoms with Gasteiger partial charge in [-0.25, -0.2) is 0 Å². The summed E-state index contributed by atoms with van der Waals surface area (Å²) in [5, 5.41) is 0. The van der Waals surface area contributed by atoms with Crippen LogP contribution in [-0.2, 0) is 28.6 Å². The van der Waals surface area contributed by atoms with E-state index in [2.05, 4.69) is 69.4 Å². The monoisotopic (exact) mass is 1060 g/mol. The highest BCUT2D eigenvalue weighted by molar-refractivity contribution is 5.71. The molecular formula is C70H128O6. The third kappa shape index (κ3) is 62.2. The Morgan fingerprint density at radius 2 is 0.513 bits per heavy atom. The van der Waals surface area contributed by atoms with E-state index in [1.165, 1.54) is 225 Å². The number of hydrogen-bond acceptors (Lipinski definition) is 6. The van der Waals surface area contributed by atoms with E-state index in [0.29, 0.717) is 19.3 Å². The second-order valence-corrected chi connectivity index (χ2v) is 22.7.